The van der Waals surface area contributed by atoms with Crippen LogP contribution in [-0.4, -0.2) is 0 Å². The van der Waals surface area contributed by atoms with E-state index in [1.807, 2.05) is 12.1 Å². The summed E-state index contributed by atoms with van der Waals surface area (Å²) < 4.78 is 32.3. The second-order valence-electron chi connectivity index (χ2n) is 7.81. The first-order valence-electron chi connectivity index (χ1n) is 10.3. The van der Waals surface area contributed by atoms with Crippen molar-refractivity contribution < 1.29 is 13.5 Å². The van der Waals surface area contributed by atoms with Crippen molar-refractivity contribution in [2.45, 2.75) is 70.8 Å². The van der Waals surface area contributed by atoms with E-state index >= 15 is 0 Å². The minimum absolute atomic E-state index is 0.105. The van der Waals surface area contributed by atoms with Crippen molar-refractivity contribution in [3.05, 3.63) is 65.2 Å². The van der Waals surface area contributed by atoms with Crippen LogP contribution in [0, 0.1) is 17.6 Å². The van der Waals surface area contributed by atoms with Gasteiger partial charge in [0.15, 0.2) is 0 Å². The van der Waals surface area contributed by atoms with Gasteiger partial charge in [0, 0.05) is 11.6 Å². The zero-order valence-electron chi connectivity index (χ0n) is 16.2. The van der Waals surface area contributed by atoms with Gasteiger partial charge in [-0.05, 0) is 67.3 Å². The van der Waals surface area contributed by atoms with Crippen molar-refractivity contribution in [3.63, 3.8) is 0 Å². The quantitative estimate of drug-likeness (QED) is 0.439. The third-order valence-corrected chi connectivity index (χ3v) is 5.82. The molecule has 3 rings (SSSR count). The summed E-state index contributed by atoms with van der Waals surface area (Å²) in [7, 11) is 0. The molecule has 2 aromatic carbocycles. The zero-order valence-corrected chi connectivity index (χ0v) is 16.2. The van der Waals surface area contributed by atoms with Crippen LogP contribution in [0.15, 0.2) is 42.5 Å². The maximum atomic E-state index is 13.7. The molecule has 2 aromatic rings. The van der Waals surface area contributed by atoms with E-state index < -0.39 is 11.6 Å². The second kappa shape index (κ2) is 9.87. The number of unbranched alkanes of at least 4 members (excludes halogenated alkanes) is 2. The molecule has 0 aromatic heterocycles. The molecule has 0 unspecified atom stereocenters. The van der Waals surface area contributed by atoms with Gasteiger partial charge in [0.2, 0.25) is 0 Å². The Bertz CT molecular complexity index is 703. The van der Waals surface area contributed by atoms with E-state index in [9.17, 15) is 8.78 Å². The maximum absolute atomic E-state index is 13.7. The molecule has 1 aliphatic rings. The molecule has 0 saturated heterocycles. The minimum Gasteiger partial charge on any atom is -0.489 e. The first-order chi connectivity index (χ1) is 13.2. The predicted molar refractivity (Wildman–Crippen MR) is 106 cm³/mol. The lowest BCUT2D eigenvalue weighted by Gasteiger charge is -2.29. The first kappa shape index (κ1) is 19.9. The Balaban J connectivity index is 1.47. The Hall–Kier alpha value is -1.90. The highest BCUT2D eigenvalue weighted by Crippen LogP contribution is 2.38. The average Bonchev–Trinajstić information content (AvgIpc) is 2.69. The lowest BCUT2D eigenvalue weighted by atomic mass is 9.77. The Morgan fingerprint density at radius 1 is 0.926 bits per heavy atom. The number of benzene rings is 2. The predicted octanol–water partition coefficient (Wildman–Crippen LogP) is 7.40. The van der Waals surface area contributed by atoms with E-state index in [-0.39, 0.29) is 6.61 Å². The molecule has 0 bridgehead atoms. The molecular formula is C24H30F2O. The lowest BCUT2D eigenvalue weighted by molar-refractivity contribution is 0.296. The second-order valence-corrected chi connectivity index (χ2v) is 7.81. The Morgan fingerprint density at radius 2 is 1.67 bits per heavy atom. The van der Waals surface area contributed by atoms with E-state index in [0.29, 0.717) is 11.5 Å². The first-order valence-corrected chi connectivity index (χ1v) is 10.3. The van der Waals surface area contributed by atoms with E-state index in [0.717, 1.165) is 17.7 Å². The molecule has 1 nitrogen and oxygen atoms in total. The van der Waals surface area contributed by atoms with Gasteiger partial charge < -0.3 is 4.74 Å². The topological polar surface area (TPSA) is 9.23 Å². The van der Waals surface area contributed by atoms with Gasteiger partial charge in [-0.1, -0.05) is 44.7 Å². The average molecular weight is 372 g/mol. The van der Waals surface area contributed by atoms with Gasteiger partial charge in [-0.2, -0.15) is 0 Å². The number of rotatable bonds is 8. The minimum atomic E-state index is -0.569. The molecular weight excluding hydrogens is 342 g/mol. The van der Waals surface area contributed by atoms with Gasteiger partial charge in [0.05, 0.1) is 0 Å². The summed E-state index contributed by atoms with van der Waals surface area (Å²) in [4.78, 5) is 0. The van der Waals surface area contributed by atoms with Gasteiger partial charge in [-0.15, -0.1) is 0 Å². The highest BCUT2D eigenvalue weighted by atomic mass is 19.1. The van der Waals surface area contributed by atoms with Gasteiger partial charge in [0.1, 0.15) is 24.0 Å². The van der Waals surface area contributed by atoms with Crippen LogP contribution in [0.4, 0.5) is 8.78 Å². The van der Waals surface area contributed by atoms with E-state index in [2.05, 4.69) is 19.1 Å². The van der Waals surface area contributed by atoms with Gasteiger partial charge >= 0.3 is 0 Å². The fourth-order valence-corrected chi connectivity index (χ4v) is 4.10. The smallest absolute Gasteiger partial charge is 0.132 e. The number of halogens is 2. The van der Waals surface area contributed by atoms with Crippen LogP contribution in [0.5, 0.6) is 5.75 Å². The summed E-state index contributed by atoms with van der Waals surface area (Å²) in [6, 6.07) is 11.8. The maximum Gasteiger partial charge on any atom is 0.132 e. The fraction of sp³-hybridized carbons (Fsp3) is 0.500. The van der Waals surface area contributed by atoms with E-state index in [4.69, 9.17) is 4.74 Å². The van der Waals surface area contributed by atoms with Gasteiger partial charge in [-0.25, -0.2) is 8.78 Å². The molecule has 0 atom stereocenters. The van der Waals surface area contributed by atoms with Crippen molar-refractivity contribution in [3.8, 4) is 5.75 Å². The van der Waals surface area contributed by atoms with Gasteiger partial charge in [0.25, 0.3) is 0 Å². The highest BCUT2D eigenvalue weighted by molar-refractivity contribution is 5.30. The highest BCUT2D eigenvalue weighted by Gasteiger charge is 2.22. The summed E-state index contributed by atoms with van der Waals surface area (Å²) in [5.74, 6) is 1.15. The molecule has 146 valence electrons. The molecule has 0 N–H and O–H groups in total. The Labute approximate surface area is 161 Å². The summed E-state index contributed by atoms with van der Waals surface area (Å²) in [5.41, 5.74) is 1.74. The fourth-order valence-electron chi connectivity index (χ4n) is 4.10. The summed E-state index contributed by atoms with van der Waals surface area (Å²) in [6.45, 7) is 2.37. The zero-order chi connectivity index (χ0) is 19.1. The van der Waals surface area contributed by atoms with Crippen molar-refractivity contribution in [1.82, 2.24) is 0 Å². The van der Waals surface area contributed by atoms with Crippen LogP contribution in [-0.2, 0) is 6.61 Å². The third-order valence-electron chi connectivity index (χ3n) is 5.82. The van der Waals surface area contributed by atoms with Crippen LogP contribution >= 0.6 is 0 Å². The molecule has 1 aliphatic carbocycles. The SMILES string of the molecule is CCCCCC1CCC(c2ccc(OCc3ccc(F)cc3F)cc2)CC1. The van der Waals surface area contributed by atoms with Crippen LogP contribution in [0.2, 0.25) is 0 Å². The van der Waals surface area contributed by atoms with Crippen molar-refractivity contribution in [2.75, 3.05) is 0 Å². The van der Waals surface area contributed by atoms with Crippen LogP contribution in [0.1, 0.15) is 75.3 Å². The number of ether oxygens (including phenoxy) is 1. The molecule has 0 amide bonds. The molecule has 1 fully saturated rings. The number of hydrogen-bond acceptors (Lipinski definition) is 1. The van der Waals surface area contributed by atoms with Crippen LogP contribution < -0.4 is 4.74 Å². The monoisotopic (exact) mass is 372 g/mol. The Morgan fingerprint density at radius 3 is 2.33 bits per heavy atom. The summed E-state index contributed by atoms with van der Waals surface area (Å²) in [6.07, 6.45) is 10.7. The van der Waals surface area contributed by atoms with Crippen LogP contribution in [0.25, 0.3) is 0 Å². The van der Waals surface area contributed by atoms with Gasteiger partial charge in [-0.3, -0.25) is 0 Å². The number of hydrogen-bond donors (Lipinski definition) is 0. The Kier molecular flexibility index (Phi) is 7.25. The largest absolute Gasteiger partial charge is 0.489 e. The van der Waals surface area contributed by atoms with Crippen LogP contribution in [0.3, 0.4) is 0 Å². The lowest BCUT2D eigenvalue weighted by Crippen LogP contribution is -2.13. The molecule has 0 aliphatic heterocycles. The van der Waals surface area contributed by atoms with E-state index in [1.54, 1.807) is 0 Å². The molecule has 0 radical (unpaired) electrons. The molecule has 3 heteroatoms. The molecule has 1 saturated carbocycles. The third kappa shape index (κ3) is 5.79. The summed E-state index contributed by atoms with van der Waals surface area (Å²) in [5, 5.41) is 0. The standard InChI is InChI=1S/C24H30F2O/c1-2-3-4-5-18-6-8-19(9-7-18)20-11-14-23(15-12-20)27-17-21-10-13-22(25)16-24(21)26/h10-16,18-19H,2-9,17H2,1H3. The normalized spacial score (nSPS) is 19.8. The molecule has 0 spiro atoms. The van der Waals surface area contributed by atoms with E-state index in [1.165, 1.54) is 69.1 Å². The molecule has 0 heterocycles. The van der Waals surface area contributed by atoms with Crippen molar-refractivity contribution in [1.29, 1.82) is 0 Å². The van der Waals surface area contributed by atoms with Crippen molar-refractivity contribution >= 4 is 0 Å². The van der Waals surface area contributed by atoms with Crippen molar-refractivity contribution in [2.24, 2.45) is 5.92 Å². The summed E-state index contributed by atoms with van der Waals surface area (Å²) >= 11 is 0. The molecule has 27 heavy (non-hydrogen) atoms.